The van der Waals surface area contributed by atoms with Gasteiger partial charge in [0.2, 0.25) is 17.7 Å². The number of aryl methyl sites for hydroxylation is 1. The fraction of sp³-hybridized carbons (Fsp3) is 0.360. The van der Waals surface area contributed by atoms with Crippen LogP contribution in [0.25, 0.3) is 0 Å². The number of anilines is 6. The number of carbonyl (C=O) groups is 1. The van der Waals surface area contributed by atoms with Crippen LogP contribution in [0, 0.1) is 6.92 Å². The first-order valence-corrected chi connectivity index (χ1v) is 11.9. The summed E-state index contributed by atoms with van der Waals surface area (Å²) in [5.41, 5.74) is 0.747. The summed E-state index contributed by atoms with van der Waals surface area (Å²) < 4.78 is 46.7. The average Bonchev–Trinajstić information content (AvgIpc) is 2.85. The van der Waals surface area contributed by atoms with E-state index in [9.17, 15) is 23.1 Å². The van der Waals surface area contributed by atoms with Crippen LogP contribution in [0.3, 0.4) is 0 Å². The van der Waals surface area contributed by atoms with Crippen molar-refractivity contribution in [3.8, 4) is 5.88 Å². The van der Waals surface area contributed by atoms with E-state index in [1.54, 1.807) is 37.3 Å². The zero-order valence-electron chi connectivity index (χ0n) is 21.1. The van der Waals surface area contributed by atoms with Crippen molar-refractivity contribution in [2.75, 3.05) is 41.0 Å². The highest BCUT2D eigenvalue weighted by Gasteiger charge is 2.35. The number of alkyl halides is 3. The number of carbonyl (C=O) groups excluding carboxylic acids is 1. The Morgan fingerprint density at radius 1 is 1.11 bits per heavy atom. The van der Waals surface area contributed by atoms with Crippen LogP contribution in [0.1, 0.15) is 30.9 Å². The van der Waals surface area contributed by atoms with Crippen LogP contribution in [-0.4, -0.2) is 52.3 Å². The van der Waals surface area contributed by atoms with Crippen molar-refractivity contribution in [1.82, 2.24) is 15.0 Å². The molecule has 2 aromatic heterocycles. The van der Waals surface area contributed by atoms with Crippen LogP contribution in [0.4, 0.5) is 47.8 Å². The van der Waals surface area contributed by atoms with Gasteiger partial charge in [0.15, 0.2) is 0 Å². The molecule has 0 radical (unpaired) electrons. The first kappa shape index (κ1) is 26.9. The van der Waals surface area contributed by atoms with Crippen molar-refractivity contribution >= 4 is 40.6 Å². The maximum Gasteiger partial charge on any atom is 0.421 e. The molecule has 0 atom stereocenters. The highest BCUT2D eigenvalue weighted by atomic mass is 19.4. The van der Waals surface area contributed by atoms with Crippen LogP contribution in [0.15, 0.2) is 36.5 Å². The Balaban J connectivity index is 1.67. The molecule has 1 amide bonds. The lowest BCUT2D eigenvalue weighted by Crippen LogP contribution is -2.36. The molecule has 1 aromatic carbocycles. The predicted octanol–water partition coefficient (Wildman–Crippen LogP) is 4.61. The lowest BCUT2D eigenvalue weighted by Gasteiger charge is -2.30. The molecule has 0 saturated carbocycles. The SMILES string of the molecule is COc1cc(Nc2ncc(C(F)(F)F)c(Nc3ccc(C)cc3NC(C)=O)n2)cc(N2CCC(O)CC2)n1. The van der Waals surface area contributed by atoms with Gasteiger partial charge in [-0.2, -0.15) is 23.1 Å². The van der Waals surface area contributed by atoms with E-state index in [2.05, 4.69) is 30.9 Å². The largest absolute Gasteiger partial charge is 0.481 e. The van der Waals surface area contributed by atoms with Gasteiger partial charge >= 0.3 is 6.18 Å². The number of aliphatic hydroxyl groups excluding tert-OH is 1. The maximum atomic E-state index is 13.8. The number of hydrogen-bond donors (Lipinski definition) is 4. The Bertz CT molecular complexity index is 1310. The fourth-order valence-electron chi connectivity index (χ4n) is 3.99. The predicted molar refractivity (Wildman–Crippen MR) is 137 cm³/mol. The summed E-state index contributed by atoms with van der Waals surface area (Å²) in [6.45, 7) is 4.30. The van der Waals surface area contributed by atoms with Gasteiger partial charge in [0.25, 0.3) is 0 Å². The fourth-order valence-corrected chi connectivity index (χ4v) is 3.99. The number of nitrogens with one attached hydrogen (secondary N) is 3. The molecule has 0 aliphatic carbocycles. The molecule has 13 heteroatoms. The summed E-state index contributed by atoms with van der Waals surface area (Å²) in [5.74, 6) is -0.0753. The number of nitrogens with zero attached hydrogens (tertiary/aromatic N) is 4. The standard InChI is InChI=1S/C25H28F3N7O3/c1-14-4-5-19(20(10-14)30-15(2)36)32-23-18(25(26,27)28)13-29-24(34-23)31-16-11-21(33-22(12-16)38-3)35-8-6-17(37)7-9-35/h4-5,10-13,17,37H,6-9H2,1-3H3,(H,30,36)(H2,29,31,32,33,34). The van der Waals surface area contributed by atoms with Crippen molar-refractivity contribution < 1.29 is 27.8 Å². The summed E-state index contributed by atoms with van der Waals surface area (Å²) >= 11 is 0. The number of piperidine rings is 1. The Morgan fingerprint density at radius 3 is 2.50 bits per heavy atom. The van der Waals surface area contributed by atoms with Crippen molar-refractivity contribution in [3.63, 3.8) is 0 Å². The third-order valence-corrected chi connectivity index (χ3v) is 5.88. The molecule has 1 aliphatic heterocycles. The van der Waals surface area contributed by atoms with Crippen LogP contribution >= 0.6 is 0 Å². The van der Waals surface area contributed by atoms with E-state index in [0.29, 0.717) is 55.2 Å². The number of aromatic nitrogens is 3. The monoisotopic (exact) mass is 531 g/mol. The molecular weight excluding hydrogens is 503 g/mol. The number of hydrogen-bond acceptors (Lipinski definition) is 9. The minimum atomic E-state index is -4.73. The van der Waals surface area contributed by atoms with E-state index >= 15 is 0 Å². The van der Waals surface area contributed by atoms with Crippen molar-refractivity contribution in [2.45, 2.75) is 39.0 Å². The second-order valence-corrected chi connectivity index (χ2v) is 8.91. The Kier molecular flexibility index (Phi) is 7.86. The van der Waals surface area contributed by atoms with Gasteiger partial charge in [-0.25, -0.2) is 4.98 Å². The van der Waals surface area contributed by atoms with E-state index in [4.69, 9.17) is 4.74 Å². The maximum absolute atomic E-state index is 13.8. The van der Waals surface area contributed by atoms with Gasteiger partial charge in [0, 0.05) is 44.0 Å². The lowest BCUT2D eigenvalue weighted by molar-refractivity contribution is -0.137. The molecule has 0 spiro atoms. The number of ether oxygens (including phenoxy) is 1. The Morgan fingerprint density at radius 2 is 1.84 bits per heavy atom. The van der Waals surface area contributed by atoms with E-state index < -0.39 is 17.6 Å². The van der Waals surface area contributed by atoms with Gasteiger partial charge in [0.1, 0.15) is 17.2 Å². The van der Waals surface area contributed by atoms with Crippen LogP contribution in [0.2, 0.25) is 0 Å². The molecule has 10 nitrogen and oxygen atoms in total. The molecule has 1 fully saturated rings. The molecule has 38 heavy (non-hydrogen) atoms. The van der Waals surface area contributed by atoms with E-state index in [1.165, 1.54) is 14.0 Å². The highest BCUT2D eigenvalue weighted by Crippen LogP contribution is 2.37. The number of aliphatic hydroxyl groups is 1. The summed E-state index contributed by atoms with van der Waals surface area (Å²) in [4.78, 5) is 26.1. The molecule has 1 saturated heterocycles. The second-order valence-electron chi connectivity index (χ2n) is 8.91. The van der Waals surface area contributed by atoms with Crippen molar-refractivity contribution in [3.05, 3.63) is 47.7 Å². The van der Waals surface area contributed by atoms with E-state index in [-0.39, 0.29) is 23.6 Å². The molecule has 1 aliphatic rings. The van der Waals surface area contributed by atoms with E-state index in [1.807, 2.05) is 4.90 Å². The number of rotatable bonds is 7. The zero-order chi connectivity index (χ0) is 27.4. The zero-order valence-corrected chi connectivity index (χ0v) is 21.1. The first-order chi connectivity index (χ1) is 18.0. The Hall–Kier alpha value is -4.13. The first-order valence-electron chi connectivity index (χ1n) is 11.9. The summed E-state index contributed by atoms with van der Waals surface area (Å²) in [6, 6.07) is 8.19. The van der Waals surface area contributed by atoms with E-state index in [0.717, 1.165) is 5.56 Å². The van der Waals surface area contributed by atoms with Crippen molar-refractivity contribution in [2.24, 2.45) is 0 Å². The smallest absolute Gasteiger partial charge is 0.421 e. The third-order valence-electron chi connectivity index (χ3n) is 5.88. The normalized spacial score (nSPS) is 14.2. The van der Waals surface area contributed by atoms with Crippen LogP contribution in [0.5, 0.6) is 5.88 Å². The van der Waals surface area contributed by atoms with Gasteiger partial charge in [-0.1, -0.05) is 6.07 Å². The molecule has 0 unspecified atom stereocenters. The molecule has 202 valence electrons. The average molecular weight is 532 g/mol. The van der Waals surface area contributed by atoms with Crippen LogP contribution in [-0.2, 0) is 11.0 Å². The molecule has 3 heterocycles. The summed E-state index contributed by atoms with van der Waals surface area (Å²) in [7, 11) is 1.46. The lowest BCUT2D eigenvalue weighted by atomic mass is 10.1. The summed E-state index contributed by atoms with van der Waals surface area (Å²) in [5, 5.41) is 18.1. The second kappa shape index (κ2) is 11.1. The van der Waals surface area contributed by atoms with Crippen LogP contribution < -0.4 is 25.6 Å². The van der Waals surface area contributed by atoms with Gasteiger partial charge < -0.3 is 30.7 Å². The summed E-state index contributed by atoms with van der Waals surface area (Å²) in [6.07, 6.45) is -3.21. The third kappa shape index (κ3) is 6.59. The number of pyridine rings is 1. The molecule has 0 bridgehead atoms. The molecule has 3 aromatic rings. The topological polar surface area (TPSA) is 125 Å². The van der Waals surface area contributed by atoms with Crippen molar-refractivity contribution in [1.29, 1.82) is 0 Å². The molecular formula is C25H28F3N7O3. The number of benzene rings is 1. The highest BCUT2D eigenvalue weighted by molar-refractivity contribution is 5.93. The molecule has 4 rings (SSSR count). The quantitative estimate of drug-likeness (QED) is 0.346. The Labute approximate surface area is 217 Å². The van der Waals surface area contributed by atoms with Gasteiger partial charge in [-0.3, -0.25) is 4.79 Å². The minimum absolute atomic E-state index is 0.0954. The number of amides is 1. The van der Waals surface area contributed by atoms with Gasteiger partial charge in [-0.05, 0) is 37.5 Å². The van der Waals surface area contributed by atoms with Gasteiger partial charge in [0.05, 0.1) is 24.6 Å². The minimum Gasteiger partial charge on any atom is -0.481 e. The number of methoxy groups -OCH3 is 1. The molecule has 4 N–H and O–H groups in total. The number of halogens is 3. The van der Waals surface area contributed by atoms with Gasteiger partial charge in [-0.15, -0.1) is 0 Å².